The van der Waals surface area contributed by atoms with E-state index in [0.29, 0.717) is 6.04 Å². The smallest absolute Gasteiger partial charge is 0.254 e. The Hall–Kier alpha value is -1.39. The highest BCUT2D eigenvalue weighted by Crippen LogP contribution is 2.50. The van der Waals surface area contributed by atoms with E-state index in [-0.39, 0.29) is 17.1 Å². The minimum atomic E-state index is -0.130. The van der Waals surface area contributed by atoms with E-state index in [1.807, 2.05) is 30.3 Å². The lowest BCUT2D eigenvalue weighted by Gasteiger charge is -2.51. The summed E-state index contributed by atoms with van der Waals surface area (Å²) in [7, 11) is 2.28. The van der Waals surface area contributed by atoms with Gasteiger partial charge in [0.1, 0.15) is 0 Å². The molecule has 1 amide bonds. The third-order valence-electron chi connectivity index (χ3n) is 7.06. The minimum absolute atomic E-state index is 0.0565. The van der Waals surface area contributed by atoms with Crippen molar-refractivity contribution in [2.45, 2.75) is 76.0 Å². The van der Waals surface area contributed by atoms with E-state index in [9.17, 15) is 4.79 Å². The zero-order chi connectivity index (χ0) is 19.8. The first kappa shape index (κ1) is 19.9. The van der Waals surface area contributed by atoms with Crippen LogP contribution in [0, 0.1) is 5.92 Å². The van der Waals surface area contributed by atoms with E-state index in [2.05, 4.69) is 30.7 Å². The van der Waals surface area contributed by atoms with Crippen LogP contribution in [0.4, 0.5) is 0 Å². The van der Waals surface area contributed by atoms with Crippen LogP contribution in [0.1, 0.15) is 69.2 Å². The van der Waals surface area contributed by atoms with Crippen molar-refractivity contribution in [3.05, 3.63) is 35.9 Å². The van der Waals surface area contributed by atoms with E-state index in [1.165, 1.54) is 25.8 Å². The molecule has 1 aromatic carbocycles. The van der Waals surface area contributed by atoms with Crippen LogP contribution in [0.2, 0.25) is 0 Å². The predicted octanol–water partition coefficient (Wildman–Crippen LogP) is 4.35. The number of amides is 1. The number of ether oxygens (including phenoxy) is 1. The van der Waals surface area contributed by atoms with Crippen molar-refractivity contribution in [2.75, 3.05) is 26.7 Å². The van der Waals surface area contributed by atoms with Gasteiger partial charge in [0.15, 0.2) is 0 Å². The Morgan fingerprint density at radius 3 is 2.29 bits per heavy atom. The normalized spacial score (nSPS) is 29.0. The Labute approximate surface area is 170 Å². The van der Waals surface area contributed by atoms with Crippen molar-refractivity contribution in [1.29, 1.82) is 0 Å². The number of rotatable bonds is 5. The lowest BCUT2D eigenvalue weighted by Crippen LogP contribution is -2.60. The van der Waals surface area contributed by atoms with Gasteiger partial charge in [0, 0.05) is 11.6 Å². The Morgan fingerprint density at radius 2 is 1.71 bits per heavy atom. The van der Waals surface area contributed by atoms with Gasteiger partial charge < -0.3 is 14.5 Å². The minimum Gasteiger partial charge on any atom is -0.365 e. The molecule has 0 atom stereocenters. The van der Waals surface area contributed by atoms with Crippen molar-refractivity contribution in [1.82, 2.24) is 9.80 Å². The van der Waals surface area contributed by atoms with Gasteiger partial charge in [-0.05, 0) is 76.6 Å². The standard InChI is InChI=1S/C24H36N2O2/c1-19(2)11-16-25(3)21-9-12-23(13-10-21)17-26(18-24(28-23)14-15-24)22(27)20-7-5-4-6-8-20/h4-8,19,21H,9-18H2,1-3H3/t21-,23-. The summed E-state index contributed by atoms with van der Waals surface area (Å²) in [4.78, 5) is 17.8. The average Bonchev–Trinajstić information content (AvgIpc) is 3.44. The Morgan fingerprint density at radius 1 is 1.11 bits per heavy atom. The molecule has 0 aromatic heterocycles. The van der Waals surface area contributed by atoms with Crippen LogP contribution in [-0.4, -0.2) is 59.6 Å². The predicted molar refractivity (Wildman–Crippen MR) is 112 cm³/mol. The highest BCUT2D eigenvalue weighted by Gasteiger charge is 2.56. The summed E-state index contributed by atoms with van der Waals surface area (Å²) in [5, 5.41) is 0. The van der Waals surface area contributed by atoms with Crippen molar-refractivity contribution in [3.8, 4) is 0 Å². The maximum atomic E-state index is 13.1. The molecule has 2 saturated carbocycles. The summed E-state index contributed by atoms with van der Waals surface area (Å²) in [5.74, 6) is 0.928. The van der Waals surface area contributed by atoms with Gasteiger partial charge in [-0.25, -0.2) is 0 Å². The van der Waals surface area contributed by atoms with E-state index in [1.54, 1.807) is 0 Å². The first-order valence-corrected chi connectivity index (χ1v) is 11.2. The molecular formula is C24H36N2O2. The van der Waals surface area contributed by atoms with Crippen molar-refractivity contribution in [3.63, 3.8) is 0 Å². The van der Waals surface area contributed by atoms with Gasteiger partial charge >= 0.3 is 0 Å². The summed E-state index contributed by atoms with van der Waals surface area (Å²) in [6, 6.07) is 10.4. The maximum absolute atomic E-state index is 13.1. The summed E-state index contributed by atoms with van der Waals surface area (Å²) < 4.78 is 6.74. The molecule has 0 radical (unpaired) electrons. The fourth-order valence-electron chi connectivity index (χ4n) is 5.06. The summed E-state index contributed by atoms with van der Waals surface area (Å²) in [6.07, 6.45) is 7.97. The molecule has 1 heterocycles. The number of hydrogen-bond acceptors (Lipinski definition) is 3. The number of hydrogen-bond donors (Lipinski definition) is 0. The number of nitrogens with zero attached hydrogens (tertiary/aromatic N) is 2. The first-order chi connectivity index (χ1) is 13.4. The molecular weight excluding hydrogens is 348 g/mol. The van der Waals surface area contributed by atoms with Crippen molar-refractivity contribution < 1.29 is 9.53 Å². The van der Waals surface area contributed by atoms with Crippen LogP contribution in [0.25, 0.3) is 0 Å². The molecule has 1 aromatic rings. The topological polar surface area (TPSA) is 32.8 Å². The quantitative estimate of drug-likeness (QED) is 0.757. The average molecular weight is 385 g/mol. The highest BCUT2D eigenvalue weighted by molar-refractivity contribution is 5.94. The van der Waals surface area contributed by atoms with Crippen LogP contribution >= 0.6 is 0 Å². The largest absolute Gasteiger partial charge is 0.365 e. The van der Waals surface area contributed by atoms with Crippen molar-refractivity contribution in [2.24, 2.45) is 5.92 Å². The van der Waals surface area contributed by atoms with Gasteiger partial charge in [-0.3, -0.25) is 4.79 Å². The maximum Gasteiger partial charge on any atom is 0.254 e. The number of morpholine rings is 1. The Kier molecular flexibility index (Phi) is 5.54. The molecule has 2 aliphatic carbocycles. The van der Waals surface area contributed by atoms with Crippen molar-refractivity contribution >= 4 is 5.91 Å². The second kappa shape index (κ2) is 7.79. The molecule has 1 aliphatic heterocycles. The molecule has 3 aliphatic rings. The molecule has 154 valence electrons. The van der Waals surface area contributed by atoms with Gasteiger partial charge in [0.25, 0.3) is 5.91 Å². The molecule has 4 rings (SSSR count). The Balaban J connectivity index is 1.41. The SMILES string of the molecule is CC(C)CCN(C)[C@H]1CC[C@]2(CC1)CN(C(=O)c1ccccc1)CC1(CC1)O2. The van der Waals surface area contributed by atoms with Gasteiger partial charge in [-0.1, -0.05) is 32.0 Å². The molecule has 4 heteroatoms. The van der Waals surface area contributed by atoms with Gasteiger partial charge in [-0.2, -0.15) is 0 Å². The summed E-state index contributed by atoms with van der Waals surface area (Å²) in [5.41, 5.74) is 0.616. The first-order valence-electron chi connectivity index (χ1n) is 11.2. The lowest BCUT2D eigenvalue weighted by molar-refractivity contribution is -0.178. The zero-order valence-electron chi connectivity index (χ0n) is 17.8. The number of carbonyl (C=O) groups is 1. The number of carbonyl (C=O) groups excluding carboxylic acids is 1. The van der Waals surface area contributed by atoms with Gasteiger partial charge in [-0.15, -0.1) is 0 Å². The molecule has 2 spiro atoms. The fourth-order valence-corrected chi connectivity index (χ4v) is 5.06. The third-order valence-corrected chi connectivity index (χ3v) is 7.06. The molecule has 28 heavy (non-hydrogen) atoms. The van der Waals surface area contributed by atoms with Crippen LogP contribution in [-0.2, 0) is 4.74 Å². The lowest BCUT2D eigenvalue weighted by atomic mass is 9.79. The van der Waals surface area contributed by atoms with Crippen LogP contribution in [0.5, 0.6) is 0 Å². The molecule has 4 nitrogen and oxygen atoms in total. The summed E-state index contributed by atoms with van der Waals surface area (Å²) >= 11 is 0. The number of benzene rings is 1. The van der Waals surface area contributed by atoms with Crippen LogP contribution < -0.4 is 0 Å². The molecule has 0 unspecified atom stereocenters. The monoisotopic (exact) mass is 384 g/mol. The van der Waals surface area contributed by atoms with Gasteiger partial charge in [0.2, 0.25) is 0 Å². The third kappa shape index (κ3) is 4.28. The Bertz CT molecular complexity index is 675. The van der Waals surface area contributed by atoms with E-state index in [0.717, 1.165) is 50.3 Å². The zero-order valence-corrected chi connectivity index (χ0v) is 17.8. The summed E-state index contributed by atoms with van der Waals surface area (Å²) in [6.45, 7) is 7.30. The van der Waals surface area contributed by atoms with Crippen LogP contribution in [0.3, 0.4) is 0 Å². The molecule has 0 bridgehead atoms. The van der Waals surface area contributed by atoms with E-state index in [4.69, 9.17) is 4.74 Å². The molecule has 3 fully saturated rings. The van der Waals surface area contributed by atoms with E-state index >= 15 is 0 Å². The molecule has 0 N–H and O–H groups in total. The highest BCUT2D eigenvalue weighted by atomic mass is 16.5. The van der Waals surface area contributed by atoms with E-state index < -0.39 is 0 Å². The second-order valence-electron chi connectivity index (χ2n) is 9.89. The molecule has 1 saturated heterocycles. The van der Waals surface area contributed by atoms with Crippen LogP contribution in [0.15, 0.2) is 30.3 Å². The fraction of sp³-hybridized carbons (Fsp3) is 0.708. The second-order valence-corrected chi connectivity index (χ2v) is 9.89. The van der Waals surface area contributed by atoms with Gasteiger partial charge in [0.05, 0.1) is 24.3 Å².